The van der Waals surface area contributed by atoms with E-state index >= 15 is 0 Å². The summed E-state index contributed by atoms with van der Waals surface area (Å²) in [6.07, 6.45) is 6.31. The molecule has 1 saturated carbocycles. The molecule has 1 aromatic carbocycles. The summed E-state index contributed by atoms with van der Waals surface area (Å²) in [5.41, 5.74) is 2.86. The SMILES string of the molecule is COC(=O)CC12CCCN3CCC4(c5cccc(OC)c5N(C)C4CC1)C32. The molecule has 0 radical (unpaired) electrons. The number of methoxy groups -OCH3 is 2. The summed E-state index contributed by atoms with van der Waals surface area (Å²) in [6, 6.07) is 7.46. The Morgan fingerprint density at radius 1 is 1.22 bits per heavy atom. The van der Waals surface area contributed by atoms with Crippen LogP contribution in [0, 0.1) is 5.41 Å². The van der Waals surface area contributed by atoms with Crippen molar-refractivity contribution in [1.29, 1.82) is 0 Å². The summed E-state index contributed by atoms with van der Waals surface area (Å²) in [7, 11) is 5.53. The third-order valence-corrected chi connectivity index (χ3v) is 8.14. The zero-order chi connectivity index (χ0) is 18.8. The first-order valence-electron chi connectivity index (χ1n) is 10.3. The van der Waals surface area contributed by atoms with E-state index in [0.29, 0.717) is 18.5 Å². The Morgan fingerprint density at radius 3 is 2.85 bits per heavy atom. The first kappa shape index (κ1) is 17.4. The van der Waals surface area contributed by atoms with Gasteiger partial charge in [-0.05, 0) is 62.2 Å². The van der Waals surface area contributed by atoms with Gasteiger partial charge in [0.05, 0.1) is 26.3 Å². The number of carbonyl (C=O) groups excluding carboxylic acids is 1. The molecule has 1 aromatic rings. The van der Waals surface area contributed by atoms with Crippen LogP contribution >= 0.6 is 0 Å². The second kappa shape index (κ2) is 5.87. The number of likely N-dealkylation sites (N-methyl/N-ethyl adjacent to an activating group) is 1. The van der Waals surface area contributed by atoms with Crippen molar-refractivity contribution in [2.75, 3.05) is 39.3 Å². The van der Waals surface area contributed by atoms with Gasteiger partial charge in [0.25, 0.3) is 0 Å². The molecule has 5 nitrogen and oxygen atoms in total. The zero-order valence-electron chi connectivity index (χ0n) is 16.7. The average Bonchev–Trinajstić information content (AvgIpc) is 3.20. The maximum absolute atomic E-state index is 12.4. The van der Waals surface area contributed by atoms with Gasteiger partial charge in [-0.2, -0.15) is 0 Å². The van der Waals surface area contributed by atoms with Crippen LogP contribution in [0.15, 0.2) is 18.2 Å². The van der Waals surface area contributed by atoms with Crippen molar-refractivity contribution in [1.82, 2.24) is 4.90 Å². The summed E-state index contributed by atoms with van der Waals surface area (Å²) in [4.78, 5) is 17.6. The van der Waals surface area contributed by atoms with E-state index in [-0.39, 0.29) is 16.8 Å². The van der Waals surface area contributed by atoms with Crippen LogP contribution in [0.3, 0.4) is 0 Å². The molecule has 3 aliphatic heterocycles. The Balaban J connectivity index is 1.69. The number of benzene rings is 1. The fourth-order valence-electron chi connectivity index (χ4n) is 7.37. The molecule has 3 fully saturated rings. The number of hydrogen-bond acceptors (Lipinski definition) is 5. The second-order valence-electron chi connectivity index (χ2n) is 8.97. The lowest BCUT2D eigenvalue weighted by Gasteiger charge is -2.58. The van der Waals surface area contributed by atoms with E-state index in [0.717, 1.165) is 38.1 Å². The number of anilines is 1. The van der Waals surface area contributed by atoms with Gasteiger partial charge in [-0.25, -0.2) is 0 Å². The third kappa shape index (κ3) is 2.06. The first-order chi connectivity index (χ1) is 13.1. The summed E-state index contributed by atoms with van der Waals surface area (Å²) in [5, 5.41) is 0. The Kier molecular flexibility index (Phi) is 3.77. The molecule has 1 spiro atoms. The molecular formula is C22H30N2O3. The maximum Gasteiger partial charge on any atom is 0.306 e. The monoisotopic (exact) mass is 370 g/mol. The number of ether oxygens (including phenoxy) is 2. The number of para-hydroxylation sites is 1. The van der Waals surface area contributed by atoms with Gasteiger partial charge in [-0.15, -0.1) is 0 Å². The number of carbonyl (C=O) groups is 1. The van der Waals surface area contributed by atoms with Gasteiger partial charge in [0, 0.05) is 24.5 Å². The van der Waals surface area contributed by atoms with Gasteiger partial charge in [0.2, 0.25) is 0 Å². The van der Waals surface area contributed by atoms with E-state index in [1.54, 1.807) is 7.11 Å². The molecule has 4 aliphatic rings. The smallest absolute Gasteiger partial charge is 0.306 e. The van der Waals surface area contributed by atoms with E-state index in [9.17, 15) is 4.79 Å². The number of nitrogens with zero attached hydrogens (tertiary/aromatic N) is 2. The van der Waals surface area contributed by atoms with Crippen molar-refractivity contribution in [2.45, 2.75) is 56.0 Å². The van der Waals surface area contributed by atoms with E-state index < -0.39 is 0 Å². The fraction of sp³-hybridized carbons (Fsp3) is 0.682. The molecule has 3 heterocycles. The van der Waals surface area contributed by atoms with Crippen LogP contribution < -0.4 is 9.64 Å². The van der Waals surface area contributed by atoms with Crippen LogP contribution in [-0.4, -0.2) is 57.3 Å². The lowest BCUT2D eigenvalue weighted by Crippen LogP contribution is -2.64. The molecule has 0 amide bonds. The molecule has 0 N–H and O–H groups in total. The first-order valence-corrected chi connectivity index (χ1v) is 10.3. The minimum absolute atomic E-state index is 0.0455. The number of fused-ring (bicyclic) bond motifs is 1. The van der Waals surface area contributed by atoms with Gasteiger partial charge in [0.1, 0.15) is 5.75 Å². The number of rotatable bonds is 3. The van der Waals surface area contributed by atoms with Crippen molar-refractivity contribution < 1.29 is 14.3 Å². The third-order valence-electron chi connectivity index (χ3n) is 8.14. The van der Waals surface area contributed by atoms with Crippen LogP contribution in [0.4, 0.5) is 5.69 Å². The molecule has 2 saturated heterocycles. The number of esters is 1. The van der Waals surface area contributed by atoms with Crippen LogP contribution in [0.1, 0.15) is 44.1 Å². The Hall–Kier alpha value is -1.75. The van der Waals surface area contributed by atoms with Gasteiger partial charge in [-0.1, -0.05) is 12.1 Å². The van der Waals surface area contributed by atoms with Crippen LogP contribution in [-0.2, 0) is 14.9 Å². The highest BCUT2D eigenvalue weighted by atomic mass is 16.5. The fourth-order valence-corrected chi connectivity index (χ4v) is 7.37. The maximum atomic E-state index is 12.4. The lowest BCUT2D eigenvalue weighted by molar-refractivity contribution is -0.148. The normalized spacial score (nSPS) is 36.8. The van der Waals surface area contributed by atoms with Gasteiger partial charge >= 0.3 is 5.97 Å². The highest BCUT2D eigenvalue weighted by molar-refractivity contribution is 5.74. The molecular weight excluding hydrogens is 340 g/mol. The zero-order valence-corrected chi connectivity index (χ0v) is 16.7. The van der Waals surface area contributed by atoms with E-state index in [1.807, 2.05) is 0 Å². The van der Waals surface area contributed by atoms with Crippen molar-refractivity contribution in [3.05, 3.63) is 23.8 Å². The van der Waals surface area contributed by atoms with Crippen molar-refractivity contribution in [2.24, 2.45) is 5.41 Å². The topological polar surface area (TPSA) is 42.0 Å². The van der Waals surface area contributed by atoms with Crippen molar-refractivity contribution in [3.8, 4) is 5.75 Å². The lowest BCUT2D eigenvalue weighted by atomic mass is 9.52. The molecule has 5 rings (SSSR count). The summed E-state index contributed by atoms with van der Waals surface area (Å²) in [6.45, 7) is 2.29. The van der Waals surface area contributed by atoms with Crippen LogP contribution in [0.25, 0.3) is 0 Å². The largest absolute Gasteiger partial charge is 0.495 e. The predicted octanol–water partition coefficient (Wildman–Crippen LogP) is 2.96. The minimum atomic E-state index is -0.0467. The van der Waals surface area contributed by atoms with Crippen molar-refractivity contribution >= 4 is 11.7 Å². The predicted molar refractivity (Wildman–Crippen MR) is 104 cm³/mol. The molecule has 146 valence electrons. The quantitative estimate of drug-likeness (QED) is 0.765. The Bertz CT molecular complexity index is 781. The van der Waals surface area contributed by atoms with Gasteiger partial charge < -0.3 is 14.4 Å². The minimum Gasteiger partial charge on any atom is -0.495 e. The standard InChI is InChI=1S/C22H30N2O3/c1-23-17-8-10-21(14-18(25)27-3)9-5-12-24-13-11-22(17,20(21)24)15-6-4-7-16(26-2)19(15)23/h4,6-7,17,20H,5,8-14H2,1-3H3. The molecule has 1 aliphatic carbocycles. The Morgan fingerprint density at radius 2 is 2.07 bits per heavy atom. The number of hydrogen-bond donors (Lipinski definition) is 0. The summed E-state index contributed by atoms with van der Waals surface area (Å²) >= 11 is 0. The van der Waals surface area contributed by atoms with Gasteiger partial charge in [0.15, 0.2) is 0 Å². The average molecular weight is 370 g/mol. The van der Waals surface area contributed by atoms with Crippen LogP contribution in [0.2, 0.25) is 0 Å². The van der Waals surface area contributed by atoms with E-state index in [2.05, 4.69) is 35.0 Å². The van der Waals surface area contributed by atoms with Crippen molar-refractivity contribution in [3.63, 3.8) is 0 Å². The Labute approximate surface area is 161 Å². The van der Waals surface area contributed by atoms with E-state index in [1.165, 1.54) is 31.2 Å². The number of piperidine rings is 1. The highest BCUT2D eigenvalue weighted by Crippen LogP contribution is 2.66. The molecule has 27 heavy (non-hydrogen) atoms. The highest BCUT2D eigenvalue weighted by Gasteiger charge is 2.68. The van der Waals surface area contributed by atoms with Gasteiger partial charge in [-0.3, -0.25) is 9.69 Å². The molecule has 0 aromatic heterocycles. The summed E-state index contributed by atoms with van der Waals surface area (Å²) < 4.78 is 10.9. The molecule has 4 atom stereocenters. The van der Waals surface area contributed by atoms with E-state index in [4.69, 9.17) is 9.47 Å². The van der Waals surface area contributed by atoms with Crippen LogP contribution in [0.5, 0.6) is 5.75 Å². The molecule has 0 bridgehead atoms. The molecule has 4 unspecified atom stereocenters. The molecule has 5 heteroatoms. The second-order valence-corrected chi connectivity index (χ2v) is 8.97. The summed E-state index contributed by atoms with van der Waals surface area (Å²) in [5.74, 6) is 0.932.